The number of piperazine rings is 1. The molecule has 8 heteroatoms. The molecule has 0 spiro atoms. The lowest BCUT2D eigenvalue weighted by molar-refractivity contribution is 0.0691. The van der Waals surface area contributed by atoms with Gasteiger partial charge in [-0.1, -0.05) is 30.3 Å². The summed E-state index contributed by atoms with van der Waals surface area (Å²) < 4.78 is 29.6. The molecule has 156 valence electrons. The van der Waals surface area contributed by atoms with Crippen molar-refractivity contribution < 1.29 is 13.2 Å². The number of fused-ring (bicyclic) bond motifs is 2. The Morgan fingerprint density at radius 1 is 0.867 bits per heavy atom. The van der Waals surface area contributed by atoms with Crippen LogP contribution in [0.15, 0.2) is 53.4 Å². The van der Waals surface area contributed by atoms with E-state index in [9.17, 15) is 13.2 Å². The van der Waals surface area contributed by atoms with E-state index in [0.717, 1.165) is 42.3 Å². The second-order valence-electron chi connectivity index (χ2n) is 7.91. The van der Waals surface area contributed by atoms with E-state index in [1.165, 1.54) is 4.31 Å². The highest BCUT2D eigenvalue weighted by atomic mass is 32.2. The van der Waals surface area contributed by atoms with Crippen LogP contribution in [0.5, 0.6) is 0 Å². The summed E-state index contributed by atoms with van der Waals surface area (Å²) in [5.41, 5.74) is 1.58. The predicted octanol–water partition coefficient (Wildman–Crippen LogP) is 2.52. The molecule has 0 N–H and O–H groups in total. The molecule has 2 aliphatic heterocycles. The fraction of sp³-hybridized carbons (Fsp3) is 0.364. The lowest BCUT2D eigenvalue weighted by atomic mass is 10.1. The minimum atomic E-state index is -3.59. The minimum Gasteiger partial charge on any atom is -0.335 e. The molecule has 3 heterocycles. The minimum absolute atomic E-state index is 0.111. The molecule has 2 aromatic carbocycles. The molecule has 7 nitrogen and oxygen atoms in total. The number of aromatic nitrogens is 2. The smallest absolute Gasteiger partial charge is 0.274 e. The molecule has 0 atom stereocenters. The lowest BCUT2D eigenvalue weighted by Crippen LogP contribution is -2.50. The first-order valence-corrected chi connectivity index (χ1v) is 11.8. The fourth-order valence-corrected chi connectivity index (χ4v) is 5.75. The monoisotopic (exact) mass is 424 g/mol. The maximum atomic E-state index is 13.1. The van der Waals surface area contributed by atoms with Crippen LogP contribution in [0, 0.1) is 0 Å². The van der Waals surface area contributed by atoms with Crippen LogP contribution in [0.1, 0.15) is 29.0 Å². The molecule has 1 saturated heterocycles. The Bertz CT molecular complexity index is 1190. The number of aryl methyl sites for hydroxylation is 2. The molecule has 5 rings (SSSR count). The van der Waals surface area contributed by atoms with Crippen molar-refractivity contribution >= 4 is 26.7 Å². The first kappa shape index (κ1) is 19.3. The second-order valence-corrected chi connectivity index (χ2v) is 9.84. The van der Waals surface area contributed by atoms with E-state index in [4.69, 9.17) is 0 Å². The Balaban J connectivity index is 1.29. The summed E-state index contributed by atoms with van der Waals surface area (Å²) in [5.74, 6) is -0.111. The van der Waals surface area contributed by atoms with Crippen molar-refractivity contribution in [1.82, 2.24) is 19.0 Å². The largest absolute Gasteiger partial charge is 0.335 e. The number of hydrogen-bond donors (Lipinski definition) is 0. The molecule has 0 unspecified atom stereocenters. The van der Waals surface area contributed by atoms with Gasteiger partial charge >= 0.3 is 0 Å². The summed E-state index contributed by atoms with van der Waals surface area (Å²) in [6.07, 6.45) is 3.18. The quantitative estimate of drug-likeness (QED) is 0.648. The molecular weight excluding hydrogens is 400 g/mol. The van der Waals surface area contributed by atoms with E-state index in [1.54, 1.807) is 17.0 Å². The summed E-state index contributed by atoms with van der Waals surface area (Å²) in [5, 5.41) is 6.37. The molecule has 1 fully saturated rings. The third kappa shape index (κ3) is 3.40. The van der Waals surface area contributed by atoms with E-state index >= 15 is 0 Å². The number of rotatable bonds is 3. The van der Waals surface area contributed by atoms with Gasteiger partial charge in [-0.05, 0) is 48.2 Å². The van der Waals surface area contributed by atoms with Crippen LogP contribution in [-0.2, 0) is 23.0 Å². The SMILES string of the molecule is O=C(c1cc2n(n1)CCCC2)N1CCN(S(=O)(=O)c2ccc3ccccc3c2)CC1. The maximum Gasteiger partial charge on any atom is 0.274 e. The Kier molecular flexibility index (Phi) is 4.83. The van der Waals surface area contributed by atoms with Gasteiger partial charge in [0.2, 0.25) is 10.0 Å². The summed E-state index contributed by atoms with van der Waals surface area (Å²) in [7, 11) is -3.59. The summed E-state index contributed by atoms with van der Waals surface area (Å²) in [6, 6.07) is 14.8. The van der Waals surface area contributed by atoms with Gasteiger partial charge < -0.3 is 4.90 Å². The van der Waals surface area contributed by atoms with Crippen LogP contribution in [0.2, 0.25) is 0 Å². The molecule has 0 aliphatic carbocycles. The van der Waals surface area contributed by atoms with Crippen LogP contribution in [-0.4, -0.2) is 59.5 Å². The number of benzene rings is 2. The standard InChI is InChI=1S/C22H24N4O3S/c27-22(21-16-19-7-3-4-10-26(19)23-21)24-11-13-25(14-12-24)30(28,29)20-9-8-17-5-1-2-6-18(17)15-20/h1-2,5-6,8-9,15-16H,3-4,7,10-14H2. The zero-order valence-electron chi connectivity index (χ0n) is 16.7. The Labute approximate surface area is 175 Å². The summed E-state index contributed by atoms with van der Waals surface area (Å²) >= 11 is 0. The highest BCUT2D eigenvalue weighted by Crippen LogP contribution is 2.23. The molecule has 0 saturated carbocycles. The predicted molar refractivity (Wildman–Crippen MR) is 114 cm³/mol. The van der Waals surface area contributed by atoms with Gasteiger partial charge in [-0.15, -0.1) is 0 Å². The van der Waals surface area contributed by atoms with Gasteiger partial charge in [0.25, 0.3) is 5.91 Å². The Morgan fingerprint density at radius 3 is 2.40 bits per heavy atom. The molecule has 2 aliphatic rings. The third-order valence-electron chi connectivity index (χ3n) is 6.02. The first-order chi connectivity index (χ1) is 14.5. The lowest BCUT2D eigenvalue weighted by Gasteiger charge is -2.33. The maximum absolute atomic E-state index is 13.1. The Hall–Kier alpha value is -2.71. The molecule has 3 aromatic rings. The van der Waals surface area contributed by atoms with Crippen molar-refractivity contribution in [3.8, 4) is 0 Å². The highest BCUT2D eigenvalue weighted by Gasteiger charge is 2.31. The number of amides is 1. The zero-order valence-corrected chi connectivity index (χ0v) is 17.5. The van der Waals surface area contributed by atoms with E-state index < -0.39 is 10.0 Å². The summed E-state index contributed by atoms with van der Waals surface area (Å²) in [6.45, 7) is 2.17. The van der Waals surface area contributed by atoms with Crippen LogP contribution < -0.4 is 0 Å². The van der Waals surface area contributed by atoms with Crippen molar-refractivity contribution in [2.24, 2.45) is 0 Å². The van der Waals surface area contributed by atoms with E-state index in [1.807, 2.05) is 41.1 Å². The van der Waals surface area contributed by atoms with Gasteiger partial charge in [0, 0.05) is 38.4 Å². The topological polar surface area (TPSA) is 75.5 Å². The van der Waals surface area contributed by atoms with Gasteiger partial charge in [0.1, 0.15) is 0 Å². The van der Waals surface area contributed by atoms with Gasteiger partial charge in [-0.3, -0.25) is 9.48 Å². The van der Waals surface area contributed by atoms with Crippen LogP contribution >= 0.6 is 0 Å². The Morgan fingerprint density at radius 2 is 1.63 bits per heavy atom. The van der Waals surface area contributed by atoms with Crippen molar-refractivity contribution in [2.75, 3.05) is 26.2 Å². The van der Waals surface area contributed by atoms with Crippen molar-refractivity contribution in [2.45, 2.75) is 30.7 Å². The highest BCUT2D eigenvalue weighted by molar-refractivity contribution is 7.89. The van der Waals surface area contributed by atoms with Crippen molar-refractivity contribution in [3.63, 3.8) is 0 Å². The number of hydrogen-bond acceptors (Lipinski definition) is 4. The third-order valence-corrected chi connectivity index (χ3v) is 7.91. The number of sulfonamides is 1. The zero-order chi connectivity index (χ0) is 20.7. The van der Waals surface area contributed by atoms with E-state index in [2.05, 4.69) is 5.10 Å². The number of carbonyl (C=O) groups is 1. The van der Waals surface area contributed by atoms with Crippen molar-refractivity contribution in [3.05, 3.63) is 59.9 Å². The van der Waals surface area contributed by atoms with Crippen LogP contribution in [0.3, 0.4) is 0 Å². The number of nitrogens with zero attached hydrogens (tertiary/aromatic N) is 4. The van der Waals surface area contributed by atoms with Gasteiger partial charge in [0.15, 0.2) is 5.69 Å². The van der Waals surface area contributed by atoms with E-state index in [-0.39, 0.29) is 19.0 Å². The molecule has 1 amide bonds. The molecular formula is C22H24N4O3S. The van der Waals surface area contributed by atoms with Crippen LogP contribution in [0.4, 0.5) is 0 Å². The van der Waals surface area contributed by atoms with E-state index in [0.29, 0.717) is 23.7 Å². The molecule has 1 aromatic heterocycles. The molecule has 0 bridgehead atoms. The first-order valence-electron chi connectivity index (χ1n) is 10.4. The molecule has 30 heavy (non-hydrogen) atoms. The molecule has 0 radical (unpaired) electrons. The van der Waals surface area contributed by atoms with Gasteiger partial charge in [0.05, 0.1) is 4.90 Å². The average Bonchev–Trinajstić information content (AvgIpc) is 3.22. The average molecular weight is 425 g/mol. The van der Waals surface area contributed by atoms with Crippen LogP contribution in [0.25, 0.3) is 10.8 Å². The second kappa shape index (κ2) is 7.52. The normalized spacial score (nSPS) is 17.8. The number of carbonyl (C=O) groups excluding carboxylic acids is 1. The summed E-state index contributed by atoms with van der Waals surface area (Å²) in [4.78, 5) is 14.9. The van der Waals surface area contributed by atoms with Crippen molar-refractivity contribution in [1.29, 1.82) is 0 Å². The fourth-order valence-electron chi connectivity index (χ4n) is 4.29. The van der Waals surface area contributed by atoms with Gasteiger partial charge in [-0.25, -0.2) is 8.42 Å². The van der Waals surface area contributed by atoms with Gasteiger partial charge in [-0.2, -0.15) is 9.40 Å².